The zero-order valence-electron chi connectivity index (χ0n) is 3.36. The predicted octanol–water partition coefficient (Wildman–Crippen LogP) is 1.33. The van der Waals surface area contributed by atoms with Gasteiger partial charge in [-0.25, -0.2) is 0 Å². The molecule has 1 saturated heterocycles. The summed E-state index contributed by atoms with van der Waals surface area (Å²) in [6.45, 7) is 2.70. The van der Waals surface area contributed by atoms with E-state index < -0.39 is 0 Å². The molecule has 0 aromatic carbocycles. The Morgan fingerprint density at radius 3 is 2.83 bits per heavy atom. The first-order chi connectivity index (χ1) is 2.89. The smallest absolute Gasteiger partial charge is 0.0973 e. The second-order valence-electron chi connectivity index (χ2n) is 1.31. The molecule has 0 spiro atoms. The highest BCUT2D eigenvalue weighted by molar-refractivity contribution is 9.09. The number of ether oxygens (including phenoxy) is 1. The SMILES string of the molecule is BrC1[CH]OCC1. The van der Waals surface area contributed by atoms with Gasteiger partial charge in [0, 0.05) is 11.4 Å². The fourth-order valence-corrected chi connectivity index (χ4v) is 0.761. The summed E-state index contributed by atoms with van der Waals surface area (Å²) in [5, 5.41) is 0. The molecular formula is C4H6BrO. The van der Waals surface area contributed by atoms with Crippen molar-refractivity contribution >= 4 is 15.9 Å². The third-order valence-corrected chi connectivity index (χ3v) is 1.43. The summed E-state index contributed by atoms with van der Waals surface area (Å²) in [7, 11) is 0. The van der Waals surface area contributed by atoms with E-state index in [1.165, 1.54) is 0 Å². The van der Waals surface area contributed by atoms with Crippen molar-refractivity contribution in [3.8, 4) is 0 Å². The summed E-state index contributed by atoms with van der Waals surface area (Å²) in [5.74, 6) is 0. The van der Waals surface area contributed by atoms with Crippen molar-refractivity contribution in [3.05, 3.63) is 6.61 Å². The molecule has 1 nitrogen and oxygen atoms in total. The lowest BCUT2D eigenvalue weighted by Crippen LogP contribution is -1.84. The van der Waals surface area contributed by atoms with E-state index in [9.17, 15) is 0 Å². The molecule has 0 bridgehead atoms. The summed E-state index contributed by atoms with van der Waals surface area (Å²) in [6.07, 6.45) is 1.12. The van der Waals surface area contributed by atoms with E-state index in [0.29, 0.717) is 4.83 Å². The standard InChI is InChI=1S/C4H6BrO/c5-4-1-2-6-3-4/h3-4H,1-2H2. The van der Waals surface area contributed by atoms with E-state index in [-0.39, 0.29) is 0 Å². The Bertz CT molecular complexity index is 40.8. The van der Waals surface area contributed by atoms with Crippen molar-refractivity contribution in [1.82, 2.24) is 0 Å². The average molecular weight is 150 g/mol. The fraction of sp³-hybridized carbons (Fsp3) is 0.750. The number of hydrogen-bond donors (Lipinski definition) is 0. The summed E-state index contributed by atoms with van der Waals surface area (Å²) in [6, 6.07) is 0. The Labute approximate surface area is 45.8 Å². The fourth-order valence-electron chi connectivity index (χ4n) is 0.421. The van der Waals surface area contributed by atoms with Gasteiger partial charge in [-0.15, -0.1) is 0 Å². The van der Waals surface area contributed by atoms with Crippen LogP contribution in [0.3, 0.4) is 0 Å². The topological polar surface area (TPSA) is 9.23 Å². The zero-order valence-corrected chi connectivity index (χ0v) is 4.94. The van der Waals surface area contributed by atoms with Crippen LogP contribution in [-0.4, -0.2) is 11.4 Å². The van der Waals surface area contributed by atoms with E-state index in [1.807, 2.05) is 6.61 Å². The Hall–Kier alpha value is 0.440. The molecule has 1 fully saturated rings. The predicted molar refractivity (Wildman–Crippen MR) is 27.6 cm³/mol. The van der Waals surface area contributed by atoms with Crippen molar-refractivity contribution in [2.45, 2.75) is 11.2 Å². The monoisotopic (exact) mass is 149 g/mol. The summed E-state index contributed by atoms with van der Waals surface area (Å²) < 4.78 is 4.88. The molecule has 1 heterocycles. The minimum atomic E-state index is 0.512. The number of hydrogen-bond acceptors (Lipinski definition) is 1. The maximum Gasteiger partial charge on any atom is 0.0973 e. The third kappa shape index (κ3) is 0.949. The molecule has 0 aromatic rings. The van der Waals surface area contributed by atoms with Gasteiger partial charge >= 0.3 is 0 Å². The van der Waals surface area contributed by atoms with Gasteiger partial charge in [0.1, 0.15) is 0 Å². The molecule has 0 aromatic heterocycles. The number of rotatable bonds is 0. The Kier molecular flexibility index (Phi) is 1.48. The first-order valence-corrected chi connectivity index (χ1v) is 2.90. The van der Waals surface area contributed by atoms with Crippen LogP contribution in [-0.2, 0) is 4.74 Å². The largest absolute Gasteiger partial charge is 0.374 e. The van der Waals surface area contributed by atoms with Crippen LogP contribution in [0, 0.1) is 6.61 Å². The molecule has 35 valence electrons. The van der Waals surface area contributed by atoms with Crippen LogP contribution in [0.2, 0.25) is 0 Å². The lowest BCUT2D eigenvalue weighted by Gasteiger charge is -1.85. The Balaban J connectivity index is 2.18. The van der Waals surface area contributed by atoms with Crippen molar-refractivity contribution in [2.24, 2.45) is 0 Å². The van der Waals surface area contributed by atoms with Crippen molar-refractivity contribution in [3.63, 3.8) is 0 Å². The average Bonchev–Trinajstić information content (AvgIpc) is 1.86. The van der Waals surface area contributed by atoms with Crippen LogP contribution in [0.25, 0.3) is 0 Å². The number of halogens is 1. The van der Waals surface area contributed by atoms with Crippen LogP contribution < -0.4 is 0 Å². The van der Waals surface area contributed by atoms with Gasteiger partial charge in [0.2, 0.25) is 0 Å². The summed E-state index contributed by atoms with van der Waals surface area (Å²) in [4.78, 5) is 0.512. The lowest BCUT2D eigenvalue weighted by molar-refractivity contribution is 0.255. The van der Waals surface area contributed by atoms with Gasteiger partial charge in [0.15, 0.2) is 0 Å². The van der Waals surface area contributed by atoms with Crippen molar-refractivity contribution < 1.29 is 4.74 Å². The molecule has 0 amide bonds. The molecule has 1 aliphatic heterocycles. The van der Waals surface area contributed by atoms with E-state index in [4.69, 9.17) is 4.74 Å². The highest BCUT2D eigenvalue weighted by Crippen LogP contribution is 2.15. The molecular weight excluding hydrogens is 144 g/mol. The van der Waals surface area contributed by atoms with E-state index >= 15 is 0 Å². The quantitative estimate of drug-likeness (QED) is 0.473. The normalized spacial score (nSPS) is 34.5. The minimum absolute atomic E-state index is 0.512. The van der Waals surface area contributed by atoms with Gasteiger partial charge in [-0.1, -0.05) is 15.9 Å². The lowest BCUT2D eigenvalue weighted by atomic mass is 10.4. The molecule has 1 atom stereocenters. The summed E-state index contributed by atoms with van der Waals surface area (Å²) >= 11 is 3.36. The van der Waals surface area contributed by atoms with E-state index in [1.54, 1.807) is 0 Å². The second-order valence-corrected chi connectivity index (χ2v) is 2.49. The molecule has 1 rings (SSSR count). The van der Waals surface area contributed by atoms with Crippen LogP contribution in [0.5, 0.6) is 0 Å². The van der Waals surface area contributed by atoms with E-state index in [2.05, 4.69) is 15.9 Å². The maximum atomic E-state index is 4.88. The molecule has 1 radical (unpaired) electrons. The first kappa shape index (κ1) is 4.60. The zero-order chi connectivity index (χ0) is 4.41. The molecule has 2 heteroatoms. The molecule has 6 heavy (non-hydrogen) atoms. The van der Waals surface area contributed by atoms with Gasteiger partial charge in [0.25, 0.3) is 0 Å². The van der Waals surface area contributed by atoms with Crippen LogP contribution in [0.1, 0.15) is 6.42 Å². The Morgan fingerprint density at radius 2 is 2.67 bits per heavy atom. The van der Waals surface area contributed by atoms with E-state index in [0.717, 1.165) is 13.0 Å². The first-order valence-electron chi connectivity index (χ1n) is 1.98. The van der Waals surface area contributed by atoms with Gasteiger partial charge in [-0.3, -0.25) is 0 Å². The molecule has 0 saturated carbocycles. The van der Waals surface area contributed by atoms with Crippen LogP contribution in [0.15, 0.2) is 0 Å². The highest BCUT2D eigenvalue weighted by atomic mass is 79.9. The minimum Gasteiger partial charge on any atom is -0.374 e. The van der Waals surface area contributed by atoms with Gasteiger partial charge in [-0.05, 0) is 6.42 Å². The van der Waals surface area contributed by atoms with Crippen LogP contribution in [0.4, 0.5) is 0 Å². The number of alkyl halides is 1. The van der Waals surface area contributed by atoms with Crippen LogP contribution >= 0.6 is 15.9 Å². The third-order valence-electron chi connectivity index (χ3n) is 0.755. The molecule has 1 unspecified atom stereocenters. The van der Waals surface area contributed by atoms with Gasteiger partial charge < -0.3 is 4.74 Å². The van der Waals surface area contributed by atoms with Crippen molar-refractivity contribution in [1.29, 1.82) is 0 Å². The van der Waals surface area contributed by atoms with Gasteiger partial charge in [-0.2, -0.15) is 0 Å². The maximum absolute atomic E-state index is 4.88. The second kappa shape index (κ2) is 1.94. The van der Waals surface area contributed by atoms with Gasteiger partial charge in [0.05, 0.1) is 6.61 Å². The molecule has 1 aliphatic rings. The Morgan fingerprint density at radius 1 is 1.83 bits per heavy atom. The highest BCUT2D eigenvalue weighted by Gasteiger charge is 2.10. The molecule has 0 aliphatic carbocycles. The summed E-state index contributed by atoms with van der Waals surface area (Å²) in [5.41, 5.74) is 0. The van der Waals surface area contributed by atoms with Crippen molar-refractivity contribution in [2.75, 3.05) is 6.61 Å². The molecule has 0 N–H and O–H groups in total.